The number of likely N-dealkylation sites (tertiary alicyclic amines) is 1. The molecule has 170 valence electrons. The first-order chi connectivity index (χ1) is 14.8. The minimum absolute atomic E-state index is 0.0936. The summed E-state index contributed by atoms with van der Waals surface area (Å²) in [6.45, 7) is 8.77. The van der Waals surface area contributed by atoms with Crippen molar-refractivity contribution in [3.63, 3.8) is 0 Å². The lowest BCUT2D eigenvalue weighted by Crippen LogP contribution is -2.70. The molecular weight excluding hydrogens is 415 g/mol. The topological polar surface area (TPSA) is 101 Å². The summed E-state index contributed by atoms with van der Waals surface area (Å²) in [7, 11) is 1.62. The van der Waals surface area contributed by atoms with Crippen molar-refractivity contribution in [1.29, 1.82) is 0 Å². The predicted octanol–water partition coefficient (Wildman–Crippen LogP) is 2.26. The lowest BCUT2D eigenvalue weighted by Gasteiger charge is -2.47. The number of rotatable bonds is 5. The van der Waals surface area contributed by atoms with Crippen molar-refractivity contribution in [3.05, 3.63) is 52.1 Å². The molecule has 2 N–H and O–H groups in total. The molecule has 1 aromatic heterocycles. The molecule has 0 aliphatic carbocycles. The molecular formula is C23H27FN4O4. The van der Waals surface area contributed by atoms with E-state index in [9.17, 15) is 23.6 Å². The van der Waals surface area contributed by atoms with Gasteiger partial charge >= 0.3 is 0 Å². The summed E-state index contributed by atoms with van der Waals surface area (Å²) < 4.78 is 15.0. The number of aryl methyl sites for hydroxylation is 1. The zero-order chi connectivity index (χ0) is 24.0. The summed E-state index contributed by atoms with van der Waals surface area (Å²) in [5, 5.41) is 5.43. The molecule has 3 rings (SSSR count). The van der Waals surface area contributed by atoms with Crippen LogP contribution in [0.5, 0.6) is 0 Å². The van der Waals surface area contributed by atoms with Crippen LogP contribution < -0.4 is 10.6 Å². The van der Waals surface area contributed by atoms with Crippen LogP contribution in [0, 0.1) is 26.6 Å². The van der Waals surface area contributed by atoms with Crippen LogP contribution in [0.1, 0.15) is 51.5 Å². The van der Waals surface area contributed by atoms with Gasteiger partial charge in [-0.25, -0.2) is 4.39 Å². The normalized spacial score (nSPS) is 14.5. The van der Waals surface area contributed by atoms with Gasteiger partial charge in [0.1, 0.15) is 5.82 Å². The maximum absolute atomic E-state index is 13.5. The Morgan fingerprint density at radius 3 is 2.28 bits per heavy atom. The minimum Gasteiger partial charge on any atom is -0.344 e. The zero-order valence-electron chi connectivity index (χ0n) is 19.1. The van der Waals surface area contributed by atoms with Crippen molar-refractivity contribution in [3.8, 4) is 0 Å². The number of ketones is 1. The summed E-state index contributed by atoms with van der Waals surface area (Å²) in [5.41, 5.74) is 1.45. The fourth-order valence-electron chi connectivity index (χ4n) is 4.09. The molecule has 1 aliphatic rings. The highest BCUT2D eigenvalue weighted by molar-refractivity contribution is 6.43. The lowest BCUT2D eigenvalue weighted by molar-refractivity contribution is -0.139. The average Bonchev–Trinajstić information content (AvgIpc) is 2.90. The molecule has 0 atom stereocenters. The van der Waals surface area contributed by atoms with Crippen LogP contribution in [0.4, 0.5) is 10.1 Å². The maximum atomic E-state index is 13.5. The van der Waals surface area contributed by atoms with Crippen LogP contribution in [0.15, 0.2) is 18.2 Å². The van der Waals surface area contributed by atoms with Crippen molar-refractivity contribution in [2.45, 2.75) is 40.2 Å². The fourth-order valence-corrected chi connectivity index (χ4v) is 4.09. The number of nitrogens with one attached hydrogen (secondary N) is 2. The molecule has 0 unspecified atom stereocenters. The summed E-state index contributed by atoms with van der Waals surface area (Å²) >= 11 is 0. The Balaban J connectivity index is 1.81. The van der Waals surface area contributed by atoms with Gasteiger partial charge < -0.3 is 20.1 Å². The predicted molar refractivity (Wildman–Crippen MR) is 117 cm³/mol. The third kappa shape index (κ3) is 4.15. The summed E-state index contributed by atoms with van der Waals surface area (Å²) in [5.74, 6) is -2.47. The standard InChI is InChI=1S/C23H27FN4O4/c1-12-9-16(7-8-17(12)24)25-21(31)18-13(2)19(27(6)14(18)3)20(30)22(32)26-23(5)10-28(11-23)15(4)29/h7-9H,10-11H2,1-6H3,(H,25,31)(H,26,32). The van der Waals surface area contributed by atoms with Gasteiger partial charge in [0.2, 0.25) is 5.91 Å². The number of anilines is 1. The van der Waals surface area contributed by atoms with Gasteiger partial charge in [-0.3, -0.25) is 19.2 Å². The molecule has 32 heavy (non-hydrogen) atoms. The SMILES string of the molecule is CC(=O)N1CC(C)(NC(=O)C(=O)c2c(C)c(C(=O)Nc3ccc(F)c(C)c3)c(C)n2C)C1. The number of carbonyl (C=O) groups excluding carboxylic acids is 4. The van der Waals surface area contributed by atoms with Gasteiger partial charge in [-0.1, -0.05) is 0 Å². The first kappa shape index (κ1) is 23.2. The number of nitrogens with zero attached hydrogens (tertiary/aromatic N) is 2. The average molecular weight is 442 g/mol. The zero-order valence-corrected chi connectivity index (χ0v) is 19.1. The third-order valence-corrected chi connectivity index (χ3v) is 5.94. The molecule has 8 nitrogen and oxygen atoms in total. The van der Waals surface area contributed by atoms with Crippen molar-refractivity contribution in [2.75, 3.05) is 18.4 Å². The molecule has 2 heterocycles. The molecule has 3 amide bonds. The molecule has 1 saturated heterocycles. The van der Waals surface area contributed by atoms with Crippen LogP contribution >= 0.6 is 0 Å². The van der Waals surface area contributed by atoms with Crippen LogP contribution in [0.3, 0.4) is 0 Å². The van der Waals surface area contributed by atoms with Gasteiger partial charge in [-0.15, -0.1) is 0 Å². The fraction of sp³-hybridized carbons (Fsp3) is 0.391. The second kappa shape index (κ2) is 8.22. The Hall–Kier alpha value is -3.49. The first-order valence-corrected chi connectivity index (χ1v) is 10.2. The Morgan fingerprint density at radius 1 is 1.09 bits per heavy atom. The van der Waals surface area contributed by atoms with Crippen LogP contribution in [-0.4, -0.2) is 51.6 Å². The number of carbonyl (C=O) groups is 4. The van der Waals surface area contributed by atoms with Gasteiger partial charge in [-0.2, -0.15) is 0 Å². The van der Waals surface area contributed by atoms with Crippen LogP contribution in [0.25, 0.3) is 0 Å². The Kier molecular flexibility index (Phi) is 5.95. The Bertz CT molecular complexity index is 1150. The number of hydrogen-bond donors (Lipinski definition) is 2. The quantitative estimate of drug-likeness (QED) is 0.548. The van der Waals surface area contributed by atoms with Gasteiger partial charge in [0.25, 0.3) is 17.6 Å². The second-order valence-corrected chi connectivity index (χ2v) is 8.63. The van der Waals surface area contributed by atoms with Gasteiger partial charge in [0.15, 0.2) is 0 Å². The molecule has 0 spiro atoms. The molecule has 1 fully saturated rings. The Labute approximate surface area is 185 Å². The minimum atomic E-state index is -0.791. The number of aromatic nitrogens is 1. The van der Waals surface area contributed by atoms with Crippen molar-refractivity contribution < 1.29 is 23.6 Å². The van der Waals surface area contributed by atoms with Crippen LogP contribution in [0.2, 0.25) is 0 Å². The number of benzene rings is 1. The smallest absolute Gasteiger partial charge is 0.294 e. The number of halogens is 1. The highest BCUT2D eigenvalue weighted by Crippen LogP contribution is 2.25. The first-order valence-electron chi connectivity index (χ1n) is 10.2. The molecule has 9 heteroatoms. The van der Waals surface area contributed by atoms with E-state index in [1.807, 2.05) is 0 Å². The highest BCUT2D eigenvalue weighted by atomic mass is 19.1. The lowest BCUT2D eigenvalue weighted by atomic mass is 9.91. The van der Waals surface area contributed by atoms with Gasteiger partial charge in [0, 0.05) is 38.4 Å². The largest absolute Gasteiger partial charge is 0.344 e. The molecule has 0 radical (unpaired) electrons. The number of hydrogen-bond acceptors (Lipinski definition) is 4. The van der Waals surface area contributed by atoms with E-state index in [2.05, 4.69) is 10.6 Å². The van der Waals surface area contributed by atoms with E-state index in [4.69, 9.17) is 0 Å². The summed E-state index contributed by atoms with van der Waals surface area (Å²) in [6.07, 6.45) is 0. The molecule has 0 saturated carbocycles. The highest BCUT2D eigenvalue weighted by Gasteiger charge is 2.42. The third-order valence-electron chi connectivity index (χ3n) is 5.94. The molecule has 2 aromatic rings. The van der Waals surface area contributed by atoms with E-state index in [0.717, 1.165) is 0 Å². The monoisotopic (exact) mass is 442 g/mol. The van der Waals surface area contributed by atoms with E-state index < -0.39 is 23.1 Å². The van der Waals surface area contributed by atoms with Gasteiger partial charge in [-0.05, 0) is 57.0 Å². The van der Waals surface area contributed by atoms with Crippen LogP contribution in [-0.2, 0) is 16.6 Å². The van der Waals surface area contributed by atoms with E-state index in [-0.39, 0.29) is 23.0 Å². The van der Waals surface area contributed by atoms with Gasteiger partial charge in [0.05, 0.1) is 16.8 Å². The van der Waals surface area contributed by atoms with E-state index >= 15 is 0 Å². The van der Waals surface area contributed by atoms with E-state index in [1.54, 1.807) is 39.6 Å². The second-order valence-electron chi connectivity index (χ2n) is 8.63. The van der Waals surface area contributed by atoms with E-state index in [0.29, 0.717) is 35.6 Å². The van der Waals surface area contributed by atoms with Crippen molar-refractivity contribution in [1.82, 2.24) is 14.8 Å². The maximum Gasteiger partial charge on any atom is 0.294 e. The van der Waals surface area contributed by atoms with Crippen molar-refractivity contribution >= 4 is 29.2 Å². The summed E-state index contributed by atoms with van der Waals surface area (Å²) in [4.78, 5) is 51.5. The number of amides is 3. The Morgan fingerprint density at radius 2 is 1.72 bits per heavy atom. The van der Waals surface area contributed by atoms with Crippen molar-refractivity contribution in [2.24, 2.45) is 7.05 Å². The van der Waals surface area contributed by atoms with E-state index in [1.165, 1.54) is 29.7 Å². The molecule has 1 aliphatic heterocycles. The molecule has 0 bridgehead atoms. The molecule has 1 aromatic carbocycles. The summed E-state index contributed by atoms with van der Waals surface area (Å²) in [6, 6.07) is 4.24. The number of Topliss-reactive ketones (excluding diaryl/α,β-unsaturated/α-hetero) is 1.